The van der Waals surface area contributed by atoms with Crippen LogP contribution in [0.2, 0.25) is 0 Å². The minimum atomic E-state index is -0.822. The molecule has 0 fully saturated rings. The zero-order valence-electron chi connectivity index (χ0n) is 12.1. The maximum atomic E-state index is 11.9. The molecule has 2 amide bonds. The van der Waals surface area contributed by atoms with Crippen LogP contribution in [0.1, 0.15) is 19.4 Å². The largest absolute Gasteiger partial charge is 0.508 e. The van der Waals surface area contributed by atoms with Gasteiger partial charge in [0.2, 0.25) is 11.8 Å². The van der Waals surface area contributed by atoms with Gasteiger partial charge in [-0.2, -0.15) is 0 Å². The second-order valence-corrected chi connectivity index (χ2v) is 5.10. The van der Waals surface area contributed by atoms with E-state index in [-0.39, 0.29) is 30.5 Å². The Bertz CT molecular complexity index is 477. The Hall–Kier alpha value is -1.79. The molecular weight excluding hydrogens is 294 g/mol. The standard InChI is InChI=1S/C14H21N3O3.ClH/c1-8(2)12(15)14(20)17-11(13(16)19)7-9-3-5-10(18)6-4-9;/h3-6,8,11-12,18H,7,15H2,1-2H3,(H2,16,19)(H,17,20);1H/t11-,12-;/m0./s1. The number of phenols is 1. The van der Waals surface area contributed by atoms with Crippen molar-refractivity contribution < 1.29 is 14.7 Å². The third kappa shape index (κ3) is 6.01. The number of carbonyl (C=O) groups is 2. The van der Waals surface area contributed by atoms with Crippen LogP contribution in [0.3, 0.4) is 0 Å². The van der Waals surface area contributed by atoms with Crippen LogP contribution < -0.4 is 16.8 Å². The van der Waals surface area contributed by atoms with Crippen molar-refractivity contribution in [2.75, 3.05) is 0 Å². The summed E-state index contributed by atoms with van der Waals surface area (Å²) in [7, 11) is 0. The van der Waals surface area contributed by atoms with E-state index in [1.54, 1.807) is 12.1 Å². The van der Waals surface area contributed by atoms with Crippen molar-refractivity contribution in [1.29, 1.82) is 0 Å². The van der Waals surface area contributed by atoms with E-state index in [1.807, 2.05) is 13.8 Å². The van der Waals surface area contributed by atoms with Gasteiger partial charge in [-0.05, 0) is 23.6 Å². The number of amides is 2. The molecule has 1 rings (SSSR count). The number of hydrogen-bond donors (Lipinski definition) is 4. The van der Waals surface area contributed by atoms with E-state index in [4.69, 9.17) is 11.5 Å². The predicted molar refractivity (Wildman–Crippen MR) is 83.0 cm³/mol. The number of nitrogens with two attached hydrogens (primary N) is 2. The predicted octanol–water partition coefficient (Wildman–Crippen LogP) is 0.310. The van der Waals surface area contributed by atoms with Gasteiger partial charge in [0.15, 0.2) is 0 Å². The van der Waals surface area contributed by atoms with Crippen LogP contribution in [-0.2, 0) is 16.0 Å². The average molecular weight is 316 g/mol. The highest BCUT2D eigenvalue weighted by atomic mass is 35.5. The van der Waals surface area contributed by atoms with E-state index >= 15 is 0 Å². The molecule has 0 aromatic heterocycles. The Morgan fingerprint density at radius 2 is 1.76 bits per heavy atom. The third-order valence-electron chi connectivity index (χ3n) is 3.06. The topological polar surface area (TPSA) is 118 Å². The van der Waals surface area contributed by atoms with Crippen LogP contribution in [0.25, 0.3) is 0 Å². The zero-order valence-corrected chi connectivity index (χ0v) is 12.9. The van der Waals surface area contributed by atoms with E-state index in [1.165, 1.54) is 12.1 Å². The van der Waals surface area contributed by atoms with Crippen LogP contribution in [0.5, 0.6) is 5.75 Å². The quantitative estimate of drug-likeness (QED) is 0.604. The summed E-state index contributed by atoms with van der Waals surface area (Å²) in [4.78, 5) is 23.3. The molecule has 0 heterocycles. The molecule has 7 heteroatoms. The fraction of sp³-hybridized carbons (Fsp3) is 0.429. The van der Waals surface area contributed by atoms with Crippen molar-refractivity contribution in [3.8, 4) is 5.75 Å². The van der Waals surface area contributed by atoms with Crippen molar-refractivity contribution in [3.63, 3.8) is 0 Å². The summed E-state index contributed by atoms with van der Waals surface area (Å²) in [5.74, 6) is -0.919. The molecule has 6 nitrogen and oxygen atoms in total. The van der Waals surface area contributed by atoms with Crippen molar-refractivity contribution in [1.82, 2.24) is 5.32 Å². The number of aromatic hydroxyl groups is 1. The summed E-state index contributed by atoms with van der Waals surface area (Å²) in [5.41, 5.74) is 11.8. The number of hydrogen-bond acceptors (Lipinski definition) is 4. The Morgan fingerprint density at radius 3 is 2.19 bits per heavy atom. The van der Waals surface area contributed by atoms with Crippen molar-refractivity contribution in [2.45, 2.75) is 32.4 Å². The maximum Gasteiger partial charge on any atom is 0.240 e. The summed E-state index contributed by atoms with van der Waals surface area (Å²) in [5, 5.41) is 11.8. The van der Waals surface area contributed by atoms with Crippen LogP contribution in [0, 0.1) is 5.92 Å². The van der Waals surface area contributed by atoms with Gasteiger partial charge in [0.05, 0.1) is 6.04 Å². The van der Waals surface area contributed by atoms with Crippen LogP contribution >= 0.6 is 12.4 Å². The van der Waals surface area contributed by atoms with Gasteiger partial charge >= 0.3 is 0 Å². The Kier molecular flexibility index (Phi) is 7.76. The van der Waals surface area contributed by atoms with E-state index in [0.29, 0.717) is 0 Å². The van der Waals surface area contributed by atoms with Crippen LogP contribution in [0.15, 0.2) is 24.3 Å². The zero-order chi connectivity index (χ0) is 15.3. The monoisotopic (exact) mass is 315 g/mol. The number of rotatable bonds is 6. The van der Waals surface area contributed by atoms with Gasteiger partial charge in [-0.25, -0.2) is 0 Å². The molecule has 6 N–H and O–H groups in total. The number of nitrogens with one attached hydrogen (secondary N) is 1. The summed E-state index contributed by atoms with van der Waals surface area (Å²) >= 11 is 0. The molecule has 21 heavy (non-hydrogen) atoms. The van der Waals surface area contributed by atoms with Crippen molar-refractivity contribution in [3.05, 3.63) is 29.8 Å². The highest BCUT2D eigenvalue weighted by molar-refractivity contribution is 5.89. The van der Waals surface area contributed by atoms with Gasteiger partial charge < -0.3 is 21.9 Å². The minimum absolute atomic E-state index is 0. The molecule has 0 aliphatic rings. The highest BCUT2D eigenvalue weighted by Crippen LogP contribution is 2.11. The van der Waals surface area contributed by atoms with Crippen LogP contribution in [-0.4, -0.2) is 29.0 Å². The molecule has 1 aromatic rings. The first kappa shape index (κ1) is 19.2. The Morgan fingerprint density at radius 1 is 1.24 bits per heavy atom. The molecule has 1 aromatic carbocycles. The summed E-state index contributed by atoms with van der Waals surface area (Å²) in [6, 6.07) is 4.84. The minimum Gasteiger partial charge on any atom is -0.508 e. The van der Waals surface area contributed by atoms with E-state index in [9.17, 15) is 14.7 Å². The summed E-state index contributed by atoms with van der Waals surface area (Å²) in [6.07, 6.45) is 0.256. The molecule has 0 radical (unpaired) electrons. The average Bonchev–Trinajstić information content (AvgIpc) is 2.39. The molecule has 118 valence electrons. The molecule has 0 aliphatic heterocycles. The first-order valence-corrected chi connectivity index (χ1v) is 6.44. The lowest BCUT2D eigenvalue weighted by Gasteiger charge is -2.20. The van der Waals surface area contributed by atoms with Gasteiger partial charge in [0.1, 0.15) is 11.8 Å². The molecule has 0 bridgehead atoms. The maximum absolute atomic E-state index is 11.9. The number of benzene rings is 1. The Labute approximate surface area is 130 Å². The van der Waals surface area contributed by atoms with Gasteiger partial charge in [-0.3, -0.25) is 9.59 Å². The first-order chi connectivity index (χ1) is 9.31. The molecular formula is C14H22ClN3O3. The van der Waals surface area contributed by atoms with E-state index < -0.39 is 23.9 Å². The smallest absolute Gasteiger partial charge is 0.240 e. The van der Waals surface area contributed by atoms with Gasteiger partial charge in [-0.15, -0.1) is 12.4 Å². The third-order valence-corrected chi connectivity index (χ3v) is 3.06. The van der Waals surface area contributed by atoms with Crippen LogP contribution in [0.4, 0.5) is 0 Å². The molecule has 0 spiro atoms. The molecule has 0 aliphatic carbocycles. The SMILES string of the molecule is CC(C)[C@H](N)C(=O)N[C@@H](Cc1ccc(O)cc1)C(N)=O.Cl. The fourth-order valence-electron chi connectivity index (χ4n) is 1.66. The number of phenolic OH excluding ortho intramolecular Hbond substituents is 1. The lowest BCUT2D eigenvalue weighted by Crippen LogP contribution is -2.52. The Balaban J connectivity index is 0.00000400. The summed E-state index contributed by atoms with van der Waals surface area (Å²) in [6.45, 7) is 3.65. The van der Waals surface area contributed by atoms with E-state index in [0.717, 1.165) is 5.56 Å². The van der Waals surface area contributed by atoms with Gasteiger partial charge in [-0.1, -0.05) is 26.0 Å². The molecule has 2 atom stereocenters. The second kappa shape index (κ2) is 8.49. The van der Waals surface area contributed by atoms with Crippen molar-refractivity contribution in [2.24, 2.45) is 17.4 Å². The number of halogens is 1. The normalized spacial score (nSPS) is 13.1. The van der Waals surface area contributed by atoms with E-state index in [2.05, 4.69) is 5.32 Å². The number of primary amides is 1. The second-order valence-electron chi connectivity index (χ2n) is 5.10. The first-order valence-electron chi connectivity index (χ1n) is 6.44. The molecule has 0 saturated heterocycles. The molecule has 0 saturated carbocycles. The van der Waals surface area contributed by atoms with Gasteiger partial charge in [0, 0.05) is 6.42 Å². The summed E-state index contributed by atoms with van der Waals surface area (Å²) < 4.78 is 0. The molecule has 0 unspecified atom stereocenters. The highest BCUT2D eigenvalue weighted by Gasteiger charge is 2.23. The van der Waals surface area contributed by atoms with Gasteiger partial charge in [0.25, 0.3) is 0 Å². The fourth-order valence-corrected chi connectivity index (χ4v) is 1.66. The van der Waals surface area contributed by atoms with Crippen molar-refractivity contribution >= 4 is 24.2 Å². The lowest BCUT2D eigenvalue weighted by molar-refractivity contribution is -0.128. The number of carbonyl (C=O) groups excluding carboxylic acids is 2. The lowest BCUT2D eigenvalue weighted by atomic mass is 10.0.